The topological polar surface area (TPSA) is 141 Å². The first kappa shape index (κ1) is 22.5. The Morgan fingerprint density at radius 1 is 1.12 bits per heavy atom. The normalized spacial score (nSPS) is 10.7. The molecule has 0 saturated carbocycles. The van der Waals surface area contributed by atoms with Crippen molar-refractivity contribution in [2.24, 2.45) is 0 Å². The molecule has 0 radical (unpaired) electrons. The van der Waals surface area contributed by atoms with Crippen LogP contribution in [0.25, 0.3) is 11.3 Å². The molecule has 3 heterocycles. The van der Waals surface area contributed by atoms with Gasteiger partial charge in [0, 0.05) is 24.4 Å². The molecule has 0 aliphatic heterocycles. The zero-order valence-corrected chi connectivity index (χ0v) is 18.2. The van der Waals surface area contributed by atoms with Gasteiger partial charge in [0.05, 0.1) is 32.2 Å². The average Bonchev–Trinajstić information content (AvgIpc) is 3.36. The second-order valence-electron chi connectivity index (χ2n) is 7.24. The fourth-order valence-corrected chi connectivity index (χ4v) is 3.27. The summed E-state index contributed by atoms with van der Waals surface area (Å²) in [6.07, 6.45) is 2.48. The van der Waals surface area contributed by atoms with Crippen LogP contribution in [0.15, 0.2) is 79.8 Å². The number of nitrogens with one attached hydrogen (secondary N) is 2. The van der Waals surface area contributed by atoms with Crippen LogP contribution in [0.2, 0.25) is 0 Å². The van der Waals surface area contributed by atoms with Gasteiger partial charge in [-0.1, -0.05) is 0 Å². The zero-order chi connectivity index (χ0) is 24.1. The second kappa shape index (κ2) is 9.86. The van der Waals surface area contributed by atoms with Crippen molar-refractivity contribution in [2.45, 2.75) is 13.1 Å². The van der Waals surface area contributed by atoms with Gasteiger partial charge in [-0.2, -0.15) is 5.10 Å². The third-order valence-electron chi connectivity index (χ3n) is 5.06. The summed E-state index contributed by atoms with van der Waals surface area (Å²) in [6.45, 7) is 0.00676. The SMILES string of the molecule is COc1ccc(-c2ccc(=O)n(CCNC(=O)c3c[nH]c(=O)n(Cc4ccco4)c3=O)n2)cc1. The third kappa shape index (κ3) is 4.88. The maximum atomic E-state index is 12.7. The van der Waals surface area contributed by atoms with Gasteiger partial charge in [-0.15, -0.1) is 0 Å². The van der Waals surface area contributed by atoms with E-state index in [1.54, 1.807) is 37.4 Å². The molecule has 4 rings (SSSR count). The number of furan rings is 1. The van der Waals surface area contributed by atoms with Gasteiger partial charge in [0.1, 0.15) is 17.1 Å². The highest BCUT2D eigenvalue weighted by Crippen LogP contribution is 2.19. The summed E-state index contributed by atoms with van der Waals surface area (Å²) in [5, 5.41) is 6.92. The first-order chi connectivity index (χ1) is 16.5. The van der Waals surface area contributed by atoms with E-state index >= 15 is 0 Å². The van der Waals surface area contributed by atoms with Gasteiger partial charge in [-0.25, -0.2) is 9.48 Å². The number of ether oxygens (including phenoxy) is 1. The zero-order valence-electron chi connectivity index (χ0n) is 18.2. The van der Waals surface area contributed by atoms with E-state index in [1.165, 1.54) is 17.0 Å². The molecule has 0 bridgehead atoms. The van der Waals surface area contributed by atoms with Gasteiger partial charge < -0.3 is 19.5 Å². The second-order valence-corrected chi connectivity index (χ2v) is 7.24. The van der Waals surface area contributed by atoms with Gasteiger partial charge in [-0.3, -0.25) is 19.0 Å². The largest absolute Gasteiger partial charge is 0.497 e. The predicted molar refractivity (Wildman–Crippen MR) is 122 cm³/mol. The van der Waals surface area contributed by atoms with Crippen LogP contribution in [-0.4, -0.2) is 38.9 Å². The molecule has 2 N–H and O–H groups in total. The highest BCUT2D eigenvalue weighted by Gasteiger charge is 2.15. The van der Waals surface area contributed by atoms with Crippen LogP contribution in [0.1, 0.15) is 16.1 Å². The van der Waals surface area contributed by atoms with Crippen LogP contribution in [0.3, 0.4) is 0 Å². The lowest BCUT2D eigenvalue weighted by molar-refractivity contribution is 0.0949. The lowest BCUT2D eigenvalue weighted by atomic mass is 10.1. The maximum absolute atomic E-state index is 12.7. The molecule has 0 atom stereocenters. The number of rotatable bonds is 8. The third-order valence-corrected chi connectivity index (χ3v) is 5.06. The maximum Gasteiger partial charge on any atom is 0.328 e. The number of carbonyl (C=O) groups excluding carboxylic acids is 1. The summed E-state index contributed by atoms with van der Waals surface area (Å²) in [5.41, 5.74) is -0.618. The number of carbonyl (C=O) groups is 1. The number of nitrogens with zero attached hydrogens (tertiary/aromatic N) is 3. The smallest absolute Gasteiger partial charge is 0.328 e. The number of H-pyrrole nitrogens is 1. The average molecular weight is 463 g/mol. The minimum atomic E-state index is -0.755. The van der Waals surface area contributed by atoms with E-state index in [0.717, 1.165) is 16.3 Å². The van der Waals surface area contributed by atoms with Crippen LogP contribution in [-0.2, 0) is 13.1 Å². The Morgan fingerprint density at radius 3 is 2.62 bits per heavy atom. The van der Waals surface area contributed by atoms with Crippen molar-refractivity contribution in [1.29, 1.82) is 0 Å². The van der Waals surface area contributed by atoms with E-state index in [1.807, 2.05) is 12.1 Å². The van der Waals surface area contributed by atoms with E-state index in [-0.39, 0.29) is 30.8 Å². The molecular weight excluding hydrogens is 442 g/mol. The Labute approximate surface area is 192 Å². The molecule has 174 valence electrons. The van der Waals surface area contributed by atoms with E-state index < -0.39 is 17.2 Å². The minimum Gasteiger partial charge on any atom is -0.497 e. The van der Waals surface area contributed by atoms with E-state index in [4.69, 9.17) is 9.15 Å². The molecular formula is C23H21N5O6. The molecule has 0 spiro atoms. The Balaban J connectivity index is 1.45. The van der Waals surface area contributed by atoms with Crippen LogP contribution in [0, 0.1) is 0 Å². The van der Waals surface area contributed by atoms with Crippen molar-refractivity contribution >= 4 is 5.91 Å². The molecule has 1 amide bonds. The number of aromatic amines is 1. The summed E-state index contributed by atoms with van der Waals surface area (Å²) in [5.74, 6) is 0.409. The van der Waals surface area contributed by atoms with Crippen molar-refractivity contribution in [3.8, 4) is 17.0 Å². The minimum absolute atomic E-state index is 0.0363. The van der Waals surface area contributed by atoms with Crippen LogP contribution < -0.4 is 26.9 Å². The molecule has 0 unspecified atom stereocenters. The van der Waals surface area contributed by atoms with Crippen molar-refractivity contribution in [3.63, 3.8) is 0 Å². The quantitative estimate of drug-likeness (QED) is 0.394. The number of hydrogen-bond donors (Lipinski definition) is 2. The van der Waals surface area contributed by atoms with Crippen LogP contribution in [0.4, 0.5) is 0 Å². The monoisotopic (exact) mass is 463 g/mol. The van der Waals surface area contributed by atoms with Crippen LogP contribution in [0.5, 0.6) is 5.75 Å². The number of methoxy groups -OCH3 is 1. The van der Waals surface area contributed by atoms with E-state index in [2.05, 4.69) is 15.4 Å². The van der Waals surface area contributed by atoms with E-state index in [9.17, 15) is 19.2 Å². The number of benzene rings is 1. The lowest BCUT2D eigenvalue weighted by Gasteiger charge is -2.09. The molecule has 11 nitrogen and oxygen atoms in total. The molecule has 4 aromatic rings. The number of amides is 1. The summed E-state index contributed by atoms with van der Waals surface area (Å²) < 4.78 is 12.4. The number of aromatic nitrogens is 4. The van der Waals surface area contributed by atoms with Gasteiger partial charge in [0.2, 0.25) is 0 Å². The van der Waals surface area contributed by atoms with Crippen molar-refractivity contribution < 1.29 is 13.9 Å². The Hall–Kier alpha value is -4.67. The van der Waals surface area contributed by atoms with Crippen molar-refractivity contribution in [3.05, 3.63) is 104 Å². The summed E-state index contributed by atoms with van der Waals surface area (Å²) in [6, 6.07) is 13.5. The van der Waals surface area contributed by atoms with Gasteiger partial charge in [-0.05, 0) is 42.5 Å². The van der Waals surface area contributed by atoms with Crippen molar-refractivity contribution in [2.75, 3.05) is 13.7 Å². The highest BCUT2D eigenvalue weighted by molar-refractivity contribution is 5.93. The summed E-state index contributed by atoms with van der Waals surface area (Å²) >= 11 is 0. The number of hydrogen-bond acceptors (Lipinski definition) is 7. The van der Waals surface area contributed by atoms with Crippen molar-refractivity contribution in [1.82, 2.24) is 24.6 Å². The molecule has 11 heteroatoms. The fraction of sp³-hybridized carbons (Fsp3) is 0.174. The Kier molecular flexibility index (Phi) is 6.53. The van der Waals surface area contributed by atoms with Gasteiger partial charge in [0.15, 0.2) is 0 Å². The standard InChI is InChI=1S/C23H21N5O6/c1-33-16-6-4-15(5-7-16)19-8-9-20(29)28(26-19)11-10-24-21(30)18-13-25-23(32)27(22(18)31)14-17-3-2-12-34-17/h2-9,12-13H,10-11,14H2,1H3,(H,24,30)(H,25,32). The Morgan fingerprint density at radius 2 is 1.91 bits per heavy atom. The Bertz CT molecular complexity index is 1470. The molecule has 34 heavy (non-hydrogen) atoms. The molecule has 1 aromatic carbocycles. The molecule has 0 fully saturated rings. The summed E-state index contributed by atoms with van der Waals surface area (Å²) in [4.78, 5) is 51.8. The highest BCUT2D eigenvalue weighted by atomic mass is 16.5. The first-order valence-corrected chi connectivity index (χ1v) is 10.3. The van der Waals surface area contributed by atoms with Crippen LogP contribution >= 0.6 is 0 Å². The van der Waals surface area contributed by atoms with E-state index in [0.29, 0.717) is 17.2 Å². The molecule has 0 aliphatic rings. The summed E-state index contributed by atoms with van der Waals surface area (Å²) in [7, 11) is 1.57. The molecule has 0 aliphatic carbocycles. The fourth-order valence-electron chi connectivity index (χ4n) is 3.27. The first-order valence-electron chi connectivity index (χ1n) is 10.3. The lowest BCUT2D eigenvalue weighted by Crippen LogP contribution is -2.41. The van der Waals surface area contributed by atoms with Gasteiger partial charge in [0.25, 0.3) is 17.0 Å². The predicted octanol–water partition coefficient (Wildman–Crippen LogP) is 0.840. The molecule has 3 aromatic heterocycles. The van der Waals surface area contributed by atoms with Gasteiger partial charge >= 0.3 is 5.69 Å². The molecule has 0 saturated heterocycles.